The van der Waals surface area contributed by atoms with E-state index in [9.17, 15) is 0 Å². The number of nitrogens with zero attached hydrogens (tertiary/aromatic N) is 3. The van der Waals surface area contributed by atoms with E-state index >= 15 is 0 Å². The number of hydrogen-bond acceptors (Lipinski definition) is 5. The third kappa shape index (κ3) is 5.73. The van der Waals surface area contributed by atoms with Gasteiger partial charge in [-0.25, -0.2) is 0 Å². The average molecular weight is 400 g/mol. The predicted molar refractivity (Wildman–Crippen MR) is 115 cm³/mol. The van der Waals surface area contributed by atoms with Crippen molar-refractivity contribution in [3.8, 4) is 5.75 Å². The molecule has 3 rings (SSSR count). The molecule has 1 aromatic heterocycles. The Morgan fingerprint density at radius 2 is 2.03 bits per heavy atom. The fraction of sp³-hybridized carbons (Fsp3) is 0.545. The van der Waals surface area contributed by atoms with Crippen molar-refractivity contribution in [1.82, 2.24) is 20.7 Å². The van der Waals surface area contributed by atoms with Gasteiger partial charge in [0.05, 0.1) is 25.4 Å². The molecule has 7 nitrogen and oxygen atoms in total. The van der Waals surface area contributed by atoms with Gasteiger partial charge in [-0.15, -0.1) is 0 Å². The Morgan fingerprint density at radius 3 is 2.69 bits per heavy atom. The maximum Gasteiger partial charge on any atom is 0.191 e. The lowest BCUT2D eigenvalue weighted by atomic mass is 10.1. The van der Waals surface area contributed by atoms with Crippen LogP contribution < -0.4 is 15.4 Å². The summed E-state index contributed by atoms with van der Waals surface area (Å²) in [7, 11) is 3.49. The van der Waals surface area contributed by atoms with Crippen LogP contribution in [0.4, 0.5) is 0 Å². The second-order valence-electron chi connectivity index (χ2n) is 7.71. The number of guanidine groups is 1. The van der Waals surface area contributed by atoms with Crippen LogP contribution in [-0.2, 0) is 6.54 Å². The average Bonchev–Trinajstić information content (AvgIpc) is 3.43. The van der Waals surface area contributed by atoms with Gasteiger partial charge in [0.15, 0.2) is 11.7 Å². The molecule has 1 aliphatic rings. The summed E-state index contributed by atoms with van der Waals surface area (Å²) in [4.78, 5) is 6.89. The van der Waals surface area contributed by atoms with Gasteiger partial charge in [-0.2, -0.15) is 0 Å². The highest BCUT2D eigenvalue weighted by Gasteiger charge is 2.24. The first-order valence-electron chi connectivity index (χ1n) is 10.4. The number of ether oxygens (including phenoxy) is 1. The zero-order chi connectivity index (χ0) is 20.6. The minimum Gasteiger partial charge on any atom is -0.497 e. The summed E-state index contributed by atoms with van der Waals surface area (Å²) in [5, 5.41) is 10.9. The van der Waals surface area contributed by atoms with E-state index in [0.717, 1.165) is 42.8 Å². The Bertz CT molecular complexity index is 796. The lowest BCUT2D eigenvalue weighted by Gasteiger charge is -2.29. The van der Waals surface area contributed by atoms with Crippen LogP contribution in [0.3, 0.4) is 0 Å². The van der Waals surface area contributed by atoms with Gasteiger partial charge in [0.1, 0.15) is 5.75 Å². The summed E-state index contributed by atoms with van der Waals surface area (Å²) >= 11 is 0. The highest BCUT2D eigenvalue weighted by Crippen LogP contribution is 2.27. The molecule has 0 aliphatic carbocycles. The molecule has 1 unspecified atom stereocenters. The zero-order valence-electron chi connectivity index (χ0n) is 17.9. The Morgan fingerprint density at radius 1 is 1.24 bits per heavy atom. The van der Waals surface area contributed by atoms with E-state index in [2.05, 4.69) is 57.7 Å². The van der Waals surface area contributed by atoms with Crippen LogP contribution in [0.1, 0.15) is 55.7 Å². The molecule has 0 amide bonds. The second kappa shape index (κ2) is 10.3. The van der Waals surface area contributed by atoms with Crippen molar-refractivity contribution in [1.29, 1.82) is 0 Å². The van der Waals surface area contributed by atoms with E-state index in [-0.39, 0.29) is 6.04 Å². The van der Waals surface area contributed by atoms with Crippen molar-refractivity contribution in [3.05, 3.63) is 47.3 Å². The summed E-state index contributed by atoms with van der Waals surface area (Å²) in [6.07, 6.45) is 2.49. The second-order valence-corrected chi connectivity index (χ2v) is 7.71. The smallest absolute Gasteiger partial charge is 0.191 e. The summed E-state index contributed by atoms with van der Waals surface area (Å²) in [6, 6.07) is 10.6. The van der Waals surface area contributed by atoms with Crippen molar-refractivity contribution in [2.45, 2.75) is 45.2 Å². The summed E-state index contributed by atoms with van der Waals surface area (Å²) in [5.74, 6) is 2.80. The number of aliphatic imine (C=N–C) groups is 1. The molecule has 7 heteroatoms. The molecule has 0 spiro atoms. The minimum atomic E-state index is 0.268. The zero-order valence-corrected chi connectivity index (χ0v) is 17.9. The monoisotopic (exact) mass is 399 g/mol. The Hall–Kier alpha value is -2.54. The first-order chi connectivity index (χ1) is 14.1. The quantitative estimate of drug-likeness (QED) is 0.524. The molecule has 1 aliphatic heterocycles. The van der Waals surface area contributed by atoms with Crippen LogP contribution in [-0.4, -0.2) is 49.8 Å². The summed E-state index contributed by atoms with van der Waals surface area (Å²) < 4.78 is 10.8. The Labute approximate surface area is 173 Å². The lowest BCUT2D eigenvalue weighted by molar-refractivity contribution is 0.245. The minimum absolute atomic E-state index is 0.268. The first kappa shape index (κ1) is 21.2. The maximum atomic E-state index is 5.43. The molecule has 0 saturated carbocycles. The van der Waals surface area contributed by atoms with Crippen LogP contribution in [0.15, 0.2) is 39.8 Å². The van der Waals surface area contributed by atoms with Crippen LogP contribution in [0.5, 0.6) is 5.75 Å². The van der Waals surface area contributed by atoms with E-state index in [1.54, 1.807) is 14.2 Å². The van der Waals surface area contributed by atoms with Gasteiger partial charge in [0.2, 0.25) is 0 Å². The standard InChI is InChI=1S/C22H33N5O2/c1-16(2)20-13-19(29-26-20)14-24-22(23-3)25-15-21(27-10-5-6-11-27)17-8-7-9-18(12-17)28-4/h7-9,12-13,16,21H,5-6,10-11,14-15H2,1-4H3,(H2,23,24,25). The van der Waals surface area contributed by atoms with E-state index in [0.29, 0.717) is 12.5 Å². The van der Waals surface area contributed by atoms with Gasteiger partial charge in [-0.1, -0.05) is 31.1 Å². The third-order valence-corrected chi connectivity index (χ3v) is 5.35. The van der Waals surface area contributed by atoms with Crippen LogP contribution in [0.2, 0.25) is 0 Å². The van der Waals surface area contributed by atoms with Crippen molar-refractivity contribution < 1.29 is 9.26 Å². The van der Waals surface area contributed by atoms with E-state index in [1.165, 1.54) is 18.4 Å². The highest BCUT2D eigenvalue weighted by atomic mass is 16.5. The van der Waals surface area contributed by atoms with Gasteiger partial charge in [-0.3, -0.25) is 9.89 Å². The molecule has 2 N–H and O–H groups in total. The van der Waals surface area contributed by atoms with Crippen molar-refractivity contribution >= 4 is 5.96 Å². The molecule has 0 bridgehead atoms. The van der Waals surface area contributed by atoms with Gasteiger partial charge in [-0.05, 0) is 49.5 Å². The largest absolute Gasteiger partial charge is 0.497 e. The van der Waals surface area contributed by atoms with E-state index in [4.69, 9.17) is 9.26 Å². The molecule has 1 fully saturated rings. The molecule has 1 aromatic carbocycles. The molecular weight excluding hydrogens is 366 g/mol. The summed E-state index contributed by atoms with van der Waals surface area (Å²) in [6.45, 7) is 7.75. The first-order valence-corrected chi connectivity index (χ1v) is 10.4. The van der Waals surface area contributed by atoms with Crippen molar-refractivity contribution in [2.24, 2.45) is 4.99 Å². The predicted octanol–water partition coefficient (Wildman–Crippen LogP) is 3.31. The number of rotatable bonds is 8. The topological polar surface area (TPSA) is 74.9 Å². The van der Waals surface area contributed by atoms with Crippen LogP contribution >= 0.6 is 0 Å². The summed E-state index contributed by atoms with van der Waals surface area (Å²) in [5.41, 5.74) is 2.22. The van der Waals surface area contributed by atoms with Gasteiger partial charge < -0.3 is 19.9 Å². The number of likely N-dealkylation sites (tertiary alicyclic amines) is 1. The fourth-order valence-electron chi connectivity index (χ4n) is 3.63. The number of benzene rings is 1. The van der Waals surface area contributed by atoms with E-state index < -0.39 is 0 Å². The van der Waals surface area contributed by atoms with Gasteiger partial charge in [0.25, 0.3) is 0 Å². The molecule has 2 aromatic rings. The maximum absolute atomic E-state index is 5.43. The van der Waals surface area contributed by atoms with Gasteiger partial charge >= 0.3 is 0 Å². The Balaban J connectivity index is 1.62. The molecule has 1 saturated heterocycles. The number of methoxy groups -OCH3 is 1. The molecule has 1 atom stereocenters. The molecule has 29 heavy (non-hydrogen) atoms. The SMILES string of the molecule is CN=C(NCc1cc(C(C)C)no1)NCC(c1cccc(OC)c1)N1CCCC1. The highest BCUT2D eigenvalue weighted by molar-refractivity contribution is 5.79. The fourth-order valence-corrected chi connectivity index (χ4v) is 3.63. The lowest BCUT2D eigenvalue weighted by Crippen LogP contribution is -2.42. The van der Waals surface area contributed by atoms with Crippen molar-refractivity contribution in [3.63, 3.8) is 0 Å². The number of nitrogens with one attached hydrogen (secondary N) is 2. The Kier molecular flexibility index (Phi) is 7.52. The normalized spacial score (nSPS) is 16.2. The number of aromatic nitrogens is 1. The number of hydrogen-bond donors (Lipinski definition) is 2. The van der Waals surface area contributed by atoms with E-state index in [1.807, 2.05) is 12.1 Å². The molecule has 0 radical (unpaired) electrons. The molecule has 158 valence electrons. The van der Waals surface area contributed by atoms with Gasteiger partial charge in [0, 0.05) is 19.7 Å². The molecule has 2 heterocycles. The third-order valence-electron chi connectivity index (χ3n) is 5.35. The van der Waals surface area contributed by atoms with Crippen molar-refractivity contribution in [2.75, 3.05) is 33.8 Å². The van der Waals surface area contributed by atoms with Crippen LogP contribution in [0.25, 0.3) is 0 Å². The van der Waals surface area contributed by atoms with Crippen LogP contribution in [0, 0.1) is 0 Å². The molecular formula is C22H33N5O2.